The minimum absolute atomic E-state index is 0.174. The van der Waals surface area contributed by atoms with Gasteiger partial charge in [0.15, 0.2) is 0 Å². The Morgan fingerprint density at radius 2 is 1.52 bits per heavy atom. The summed E-state index contributed by atoms with van der Waals surface area (Å²) in [5.41, 5.74) is 1.67. The lowest BCUT2D eigenvalue weighted by Gasteiger charge is -2.17. The van der Waals surface area contributed by atoms with E-state index in [0.29, 0.717) is 17.0 Å². The van der Waals surface area contributed by atoms with E-state index in [1.165, 1.54) is 12.1 Å². The summed E-state index contributed by atoms with van der Waals surface area (Å²) in [6.45, 7) is 1.87. The van der Waals surface area contributed by atoms with Gasteiger partial charge in [0.2, 0.25) is 0 Å². The van der Waals surface area contributed by atoms with Crippen LogP contribution in [0.4, 0.5) is 5.69 Å². The largest absolute Gasteiger partial charge is 0.496 e. The van der Waals surface area contributed by atoms with E-state index in [-0.39, 0.29) is 16.8 Å². The zero-order valence-corrected chi connectivity index (χ0v) is 16.9. The van der Waals surface area contributed by atoms with Crippen molar-refractivity contribution in [1.82, 2.24) is 5.32 Å². The molecule has 3 aromatic rings. The van der Waals surface area contributed by atoms with Crippen molar-refractivity contribution >= 4 is 21.6 Å². The lowest BCUT2D eigenvalue weighted by molar-refractivity contribution is 0.0939. The second-order valence-electron chi connectivity index (χ2n) is 6.43. The van der Waals surface area contributed by atoms with Gasteiger partial charge < -0.3 is 10.1 Å². The van der Waals surface area contributed by atoms with Crippen LogP contribution in [0, 0.1) is 0 Å². The molecule has 0 bridgehead atoms. The quantitative estimate of drug-likeness (QED) is 0.617. The molecule has 6 nitrogen and oxygen atoms in total. The summed E-state index contributed by atoms with van der Waals surface area (Å²) in [6, 6.07) is 21.6. The number of nitrogens with one attached hydrogen (secondary N) is 2. The third-order valence-corrected chi connectivity index (χ3v) is 5.80. The summed E-state index contributed by atoms with van der Waals surface area (Å²) >= 11 is 0. The van der Waals surface area contributed by atoms with Gasteiger partial charge in [-0.3, -0.25) is 9.52 Å². The van der Waals surface area contributed by atoms with Gasteiger partial charge in [0.25, 0.3) is 15.9 Å². The molecule has 2 N–H and O–H groups in total. The van der Waals surface area contributed by atoms with Crippen LogP contribution in [0.2, 0.25) is 0 Å². The second kappa shape index (κ2) is 8.79. The minimum atomic E-state index is -3.67. The topological polar surface area (TPSA) is 84.5 Å². The monoisotopic (exact) mass is 410 g/mol. The molecule has 0 saturated heterocycles. The molecule has 7 heteroatoms. The molecule has 0 aliphatic heterocycles. The number of amides is 1. The standard InChI is InChI=1S/C22H22N2O4S/c1-16(20-10-6-7-11-21(20)28-2)23-22(25)17-12-14-18(15-13-17)24-29(26,27)19-8-4-3-5-9-19/h3-16,24H,1-2H3,(H,23,25). The first-order valence-electron chi connectivity index (χ1n) is 9.02. The molecule has 0 radical (unpaired) electrons. The van der Waals surface area contributed by atoms with E-state index in [4.69, 9.17) is 4.74 Å². The highest BCUT2D eigenvalue weighted by Crippen LogP contribution is 2.24. The first-order valence-corrected chi connectivity index (χ1v) is 10.5. The number of carbonyl (C=O) groups is 1. The molecule has 1 unspecified atom stereocenters. The average Bonchev–Trinajstić information content (AvgIpc) is 2.74. The third-order valence-electron chi connectivity index (χ3n) is 4.41. The van der Waals surface area contributed by atoms with Crippen molar-refractivity contribution in [2.75, 3.05) is 11.8 Å². The van der Waals surface area contributed by atoms with Crippen molar-refractivity contribution in [3.63, 3.8) is 0 Å². The fourth-order valence-corrected chi connectivity index (χ4v) is 3.96. The summed E-state index contributed by atoms with van der Waals surface area (Å²) in [5, 5.41) is 2.92. The van der Waals surface area contributed by atoms with E-state index in [1.807, 2.05) is 31.2 Å². The van der Waals surface area contributed by atoms with Crippen LogP contribution < -0.4 is 14.8 Å². The highest BCUT2D eigenvalue weighted by Gasteiger charge is 2.16. The van der Waals surface area contributed by atoms with Gasteiger partial charge in [-0.15, -0.1) is 0 Å². The van der Waals surface area contributed by atoms with Crippen molar-refractivity contribution in [2.45, 2.75) is 17.9 Å². The Kier molecular flexibility index (Phi) is 6.19. The molecule has 29 heavy (non-hydrogen) atoms. The molecule has 150 valence electrons. The van der Waals surface area contributed by atoms with Crippen LogP contribution >= 0.6 is 0 Å². The molecular formula is C22H22N2O4S. The Morgan fingerprint density at radius 3 is 2.17 bits per heavy atom. The molecular weight excluding hydrogens is 388 g/mol. The molecule has 0 spiro atoms. The highest BCUT2D eigenvalue weighted by atomic mass is 32.2. The Bertz CT molecular complexity index is 1080. The Balaban J connectivity index is 1.69. The fourth-order valence-electron chi connectivity index (χ4n) is 2.89. The highest BCUT2D eigenvalue weighted by molar-refractivity contribution is 7.92. The molecule has 0 fully saturated rings. The van der Waals surface area contributed by atoms with Crippen molar-refractivity contribution in [3.8, 4) is 5.75 Å². The Labute approximate surface area is 170 Å². The number of ether oxygens (including phenoxy) is 1. The van der Waals surface area contributed by atoms with Gasteiger partial charge in [0.05, 0.1) is 18.0 Å². The molecule has 3 rings (SSSR count). The maximum Gasteiger partial charge on any atom is 0.261 e. The summed E-state index contributed by atoms with van der Waals surface area (Å²) in [7, 11) is -2.09. The first kappa shape index (κ1) is 20.4. The van der Waals surface area contributed by atoms with Gasteiger partial charge in [-0.25, -0.2) is 8.42 Å². The lowest BCUT2D eigenvalue weighted by atomic mass is 10.1. The summed E-state index contributed by atoms with van der Waals surface area (Å²) in [5.74, 6) is 0.437. The predicted octanol–water partition coefficient (Wildman–Crippen LogP) is 3.99. The van der Waals surface area contributed by atoms with Crippen LogP contribution in [0.3, 0.4) is 0 Å². The molecule has 1 amide bonds. The van der Waals surface area contributed by atoms with E-state index < -0.39 is 10.0 Å². The molecule has 0 heterocycles. The fraction of sp³-hybridized carbons (Fsp3) is 0.136. The van der Waals surface area contributed by atoms with Crippen LogP contribution in [0.1, 0.15) is 28.9 Å². The molecule has 0 saturated carbocycles. The maximum atomic E-state index is 12.6. The first-order chi connectivity index (χ1) is 13.9. The maximum absolute atomic E-state index is 12.6. The minimum Gasteiger partial charge on any atom is -0.496 e. The zero-order chi connectivity index (χ0) is 20.9. The Morgan fingerprint density at radius 1 is 0.897 bits per heavy atom. The van der Waals surface area contributed by atoms with Gasteiger partial charge in [-0.2, -0.15) is 0 Å². The normalized spacial score (nSPS) is 12.1. The number of carbonyl (C=O) groups excluding carboxylic acids is 1. The van der Waals surface area contributed by atoms with Gasteiger partial charge in [0.1, 0.15) is 5.75 Å². The average molecular weight is 410 g/mol. The number of rotatable bonds is 7. The van der Waals surface area contributed by atoms with E-state index in [0.717, 1.165) is 5.56 Å². The molecule has 0 aromatic heterocycles. The number of sulfonamides is 1. The molecule has 0 aliphatic rings. The number of hydrogen-bond acceptors (Lipinski definition) is 4. The summed E-state index contributed by atoms with van der Waals surface area (Å²) in [4.78, 5) is 12.7. The SMILES string of the molecule is COc1ccccc1C(C)NC(=O)c1ccc(NS(=O)(=O)c2ccccc2)cc1. The smallest absolute Gasteiger partial charge is 0.261 e. The van der Waals surface area contributed by atoms with Crippen LogP contribution in [0.5, 0.6) is 5.75 Å². The van der Waals surface area contributed by atoms with Gasteiger partial charge >= 0.3 is 0 Å². The summed E-state index contributed by atoms with van der Waals surface area (Å²) < 4.78 is 32.6. The molecule has 1 atom stereocenters. The number of benzene rings is 3. The second-order valence-corrected chi connectivity index (χ2v) is 8.12. The Hall–Kier alpha value is -3.32. The van der Waals surface area contributed by atoms with Gasteiger partial charge in [-0.05, 0) is 49.4 Å². The van der Waals surface area contributed by atoms with Crippen LogP contribution in [-0.2, 0) is 10.0 Å². The number of hydrogen-bond donors (Lipinski definition) is 2. The van der Waals surface area contributed by atoms with Crippen molar-refractivity contribution in [3.05, 3.63) is 90.0 Å². The zero-order valence-electron chi connectivity index (χ0n) is 16.1. The van der Waals surface area contributed by atoms with E-state index >= 15 is 0 Å². The van der Waals surface area contributed by atoms with Crippen LogP contribution in [0.15, 0.2) is 83.8 Å². The molecule has 3 aromatic carbocycles. The van der Waals surface area contributed by atoms with Crippen molar-refractivity contribution in [1.29, 1.82) is 0 Å². The summed E-state index contributed by atoms with van der Waals surface area (Å²) in [6.07, 6.45) is 0. The van der Waals surface area contributed by atoms with Crippen LogP contribution in [-0.4, -0.2) is 21.4 Å². The van der Waals surface area contributed by atoms with Gasteiger partial charge in [0, 0.05) is 16.8 Å². The van der Waals surface area contributed by atoms with Crippen molar-refractivity contribution < 1.29 is 17.9 Å². The number of methoxy groups -OCH3 is 1. The number of anilines is 1. The van der Waals surface area contributed by atoms with E-state index in [9.17, 15) is 13.2 Å². The molecule has 0 aliphatic carbocycles. The lowest BCUT2D eigenvalue weighted by Crippen LogP contribution is -2.26. The predicted molar refractivity (Wildman–Crippen MR) is 113 cm³/mol. The van der Waals surface area contributed by atoms with Crippen LogP contribution in [0.25, 0.3) is 0 Å². The third kappa shape index (κ3) is 4.94. The van der Waals surface area contributed by atoms with Crippen molar-refractivity contribution in [2.24, 2.45) is 0 Å². The van der Waals surface area contributed by atoms with Gasteiger partial charge in [-0.1, -0.05) is 36.4 Å². The number of para-hydroxylation sites is 1. The van der Waals surface area contributed by atoms with E-state index in [1.54, 1.807) is 49.6 Å². The van der Waals surface area contributed by atoms with E-state index in [2.05, 4.69) is 10.0 Å².